The van der Waals surface area contributed by atoms with Crippen molar-refractivity contribution in [2.75, 3.05) is 6.54 Å². The highest BCUT2D eigenvalue weighted by atomic mass is 32.2. The van der Waals surface area contributed by atoms with Crippen LogP contribution in [0.2, 0.25) is 0 Å². The van der Waals surface area contributed by atoms with Crippen molar-refractivity contribution in [2.45, 2.75) is 51.3 Å². The Morgan fingerprint density at radius 1 is 1.11 bits per heavy atom. The van der Waals surface area contributed by atoms with E-state index in [1.807, 2.05) is 26.0 Å². The second-order valence-electron chi connectivity index (χ2n) is 4.73. The Morgan fingerprint density at radius 3 is 2.44 bits per heavy atom. The van der Waals surface area contributed by atoms with E-state index < -0.39 is 10.0 Å². The summed E-state index contributed by atoms with van der Waals surface area (Å²) in [7, 11) is -3.34. The van der Waals surface area contributed by atoms with E-state index in [-0.39, 0.29) is 0 Å². The van der Waals surface area contributed by atoms with E-state index in [0.29, 0.717) is 11.4 Å². The van der Waals surface area contributed by atoms with Crippen molar-refractivity contribution >= 4 is 10.0 Å². The van der Waals surface area contributed by atoms with Crippen molar-refractivity contribution in [3.63, 3.8) is 0 Å². The molecule has 1 N–H and O–H groups in total. The Labute approximate surface area is 111 Å². The van der Waals surface area contributed by atoms with Gasteiger partial charge in [-0.2, -0.15) is 0 Å². The molecule has 0 aromatic heterocycles. The SMILES string of the molecule is CCCCCCNS(=O)(=O)c1ccc(C)cc1C. The van der Waals surface area contributed by atoms with Gasteiger partial charge in [0.1, 0.15) is 0 Å². The molecular weight excluding hydrogens is 246 g/mol. The molecule has 1 aromatic carbocycles. The van der Waals surface area contributed by atoms with Crippen LogP contribution in [0.1, 0.15) is 43.7 Å². The van der Waals surface area contributed by atoms with Crippen molar-refractivity contribution < 1.29 is 8.42 Å². The molecule has 102 valence electrons. The number of benzene rings is 1. The van der Waals surface area contributed by atoms with Gasteiger partial charge >= 0.3 is 0 Å². The van der Waals surface area contributed by atoms with Crippen LogP contribution in [0.4, 0.5) is 0 Å². The Morgan fingerprint density at radius 2 is 1.83 bits per heavy atom. The van der Waals surface area contributed by atoms with Crippen LogP contribution in [0.5, 0.6) is 0 Å². The minimum Gasteiger partial charge on any atom is -0.211 e. The standard InChI is InChI=1S/C14H23NO2S/c1-4-5-6-7-10-15-18(16,17)14-9-8-12(2)11-13(14)3/h8-9,11,15H,4-7,10H2,1-3H3. The maximum Gasteiger partial charge on any atom is 0.240 e. The van der Waals surface area contributed by atoms with Crippen LogP contribution in [-0.4, -0.2) is 15.0 Å². The summed E-state index contributed by atoms with van der Waals surface area (Å²) in [5, 5.41) is 0. The van der Waals surface area contributed by atoms with Gasteiger partial charge in [0.05, 0.1) is 4.90 Å². The zero-order valence-corrected chi connectivity index (χ0v) is 12.3. The predicted octanol–water partition coefficient (Wildman–Crippen LogP) is 3.16. The van der Waals surface area contributed by atoms with Gasteiger partial charge < -0.3 is 0 Å². The summed E-state index contributed by atoms with van der Waals surface area (Å²) < 4.78 is 26.8. The Balaban J connectivity index is 2.63. The first-order valence-electron chi connectivity index (χ1n) is 6.54. The highest BCUT2D eigenvalue weighted by Gasteiger charge is 2.15. The third-order valence-corrected chi connectivity index (χ3v) is 4.56. The fraction of sp³-hybridized carbons (Fsp3) is 0.571. The number of unbranched alkanes of at least 4 members (excludes halogenated alkanes) is 3. The molecule has 18 heavy (non-hydrogen) atoms. The molecule has 0 aliphatic rings. The van der Waals surface area contributed by atoms with Gasteiger partial charge in [-0.05, 0) is 31.9 Å². The lowest BCUT2D eigenvalue weighted by molar-refractivity contribution is 0.573. The van der Waals surface area contributed by atoms with E-state index in [9.17, 15) is 8.42 Å². The minimum absolute atomic E-state index is 0.392. The van der Waals surface area contributed by atoms with Gasteiger partial charge in [-0.25, -0.2) is 13.1 Å². The average molecular weight is 269 g/mol. The van der Waals surface area contributed by atoms with Crippen LogP contribution in [0.25, 0.3) is 0 Å². The zero-order valence-electron chi connectivity index (χ0n) is 11.5. The largest absolute Gasteiger partial charge is 0.240 e. The number of sulfonamides is 1. The molecule has 1 aromatic rings. The molecule has 0 spiro atoms. The van der Waals surface area contributed by atoms with Gasteiger partial charge in [0, 0.05) is 6.54 Å². The van der Waals surface area contributed by atoms with Gasteiger partial charge in [-0.3, -0.25) is 0 Å². The average Bonchev–Trinajstić information content (AvgIpc) is 2.28. The number of nitrogens with one attached hydrogen (secondary N) is 1. The summed E-state index contributed by atoms with van der Waals surface area (Å²) in [6.45, 7) is 6.45. The van der Waals surface area contributed by atoms with E-state index in [2.05, 4.69) is 11.6 Å². The quantitative estimate of drug-likeness (QED) is 0.773. The van der Waals surface area contributed by atoms with Gasteiger partial charge in [0.2, 0.25) is 10.0 Å². The number of rotatable bonds is 7. The van der Waals surface area contributed by atoms with E-state index >= 15 is 0 Å². The zero-order chi connectivity index (χ0) is 13.6. The molecule has 1 rings (SSSR count). The molecule has 0 heterocycles. The van der Waals surface area contributed by atoms with Gasteiger partial charge in [-0.15, -0.1) is 0 Å². The smallest absolute Gasteiger partial charge is 0.211 e. The first-order valence-corrected chi connectivity index (χ1v) is 8.02. The van der Waals surface area contributed by atoms with Crippen LogP contribution in [-0.2, 0) is 10.0 Å². The maximum atomic E-state index is 12.1. The summed E-state index contributed by atoms with van der Waals surface area (Å²) in [4.78, 5) is 0.392. The molecule has 0 bridgehead atoms. The molecule has 0 aliphatic carbocycles. The summed E-state index contributed by atoms with van der Waals surface area (Å²) in [6.07, 6.45) is 4.29. The van der Waals surface area contributed by atoms with Crippen LogP contribution in [0, 0.1) is 13.8 Å². The Bertz CT molecular complexity index is 481. The van der Waals surface area contributed by atoms with Gasteiger partial charge in [0.15, 0.2) is 0 Å². The third-order valence-electron chi connectivity index (χ3n) is 2.94. The summed E-state index contributed by atoms with van der Waals surface area (Å²) in [5.41, 5.74) is 1.88. The molecule has 0 unspecified atom stereocenters. The molecule has 0 aliphatic heterocycles. The molecule has 0 saturated carbocycles. The van der Waals surface area contributed by atoms with Crippen LogP contribution in [0.15, 0.2) is 23.1 Å². The summed E-state index contributed by atoms with van der Waals surface area (Å²) in [5.74, 6) is 0. The van der Waals surface area contributed by atoms with Gasteiger partial charge in [-0.1, -0.05) is 43.9 Å². The summed E-state index contributed by atoms with van der Waals surface area (Å²) >= 11 is 0. The molecule has 0 fully saturated rings. The molecule has 0 atom stereocenters. The number of hydrogen-bond acceptors (Lipinski definition) is 2. The minimum atomic E-state index is -3.34. The van der Waals surface area contributed by atoms with E-state index in [1.54, 1.807) is 6.07 Å². The first-order chi connectivity index (χ1) is 8.47. The molecule has 0 radical (unpaired) electrons. The second kappa shape index (κ2) is 6.90. The van der Waals surface area contributed by atoms with Crippen molar-refractivity contribution in [1.82, 2.24) is 4.72 Å². The lowest BCUT2D eigenvalue weighted by Gasteiger charge is -2.09. The fourth-order valence-corrected chi connectivity index (χ4v) is 3.24. The topological polar surface area (TPSA) is 46.2 Å². The van der Waals surface area contributed by atoms with Crippen molar-refractivity contribution in [1.29, 1.82) is 0 Å². The monoisotopic (exact) mass is 269 g/mol. The van der Waals surface area contributed by atoms with E-state index in [4.69, 9.17) is 0 Å². The molecule has 0 amide bonds. The van der Waals surface area contributed by atoms with Crippen LogP contribution in [0.3, 0.4) is 0 Å². The normalized spacial score (nSPS) is 11.7. The maximum absolute atomic E-state index is 12.1. The molecular formula is C14H23NO2S. The van der Waals surface area contributed by atoms with Crippen molar-refractivity contribution in [2.24, 2.45) is 0 Å². The summed E-state index contributed by atoms with van der Waals surface area (Å²) in [6, 6.07) is 5.41. The Hall–Kier alpha value is -0.870. The van der Waals surface area contributed by atoms with Crippen LogP contribution < -0.4 is 4.72 Å². The van der Waals surface area contributed by atoms with Crippen molar-refractivity contribution in [3.8, 4) is 0 Å². The lowest BCUT2D eigenvalue weighted by atomic mass is 10.2. The van der Waals surface area contributed by atoms with Crippen molar-refractivity contribution in [3.05, 3.63) is 29.3 Å². The first kappa shape index (κ1) is 15.2. The second-order valence-corrected chi connectivity index (χ2v) is 6.46. The van der Waals surface area contributed by atoms with E-state index in [0.717, 1.165) is 36.8 Å². The molecule has 0 saturated heterocycles. The molecule has 4 heteroatoms. The van der Waals surface area contributed by atoms with Crippen LogP contribution >= 0.6 is 0 Å². The number of hydrogen-bond donors (Lipinski definition) is 1. The van der Waals surface area contributed by atoms with Gasteiger partial charge in [0.25, 0.3) is 0 Å². The highest BCUT2D eigenvalue weighted by Crippen LogP contribution is 2.16. The predicted molar refractivity (Wildman–Crippen MR) is 75.2 cm³/mol. The Kier molecular flexibility index (Phi) is 5.82. The fourth-order valence-electron chi connectivity index (χ4n) is 1.94. The number of aryl methyl sites for hydroxylation is 2. The highest BCUT2D eigenvalue weighted by molar-refractivity contribution is 7.89. The lowest BCUT2D eigenvalue weighted by Crippen LogP contribution is -2.25. The van der Waals surface area contributed by atoms with E-state index in [1.165, 1.54) is 0 Å². The third kappa shape index (κ3) is 4.42. The molecule has 3 nitrogen and oxygen atoms in total.